The minimum absolute atomic E-state index is 0.467. The molecular formula is C16H23NS. The van der Waals surface area contributed by atoms with Crippen molar-refractivity contribution in [1.29, 1.82) is 0 Å². The smallest absolute Gasteiger partial charge is 0.0212 e. The minimum atomic E-state index is 0.467. The van der Waals surface area contributed by atoms with E-state index in [9.17, 15) is 0 Å². The van der Waals surface area contributed by atoms with Crippen LogP contribution in [0.3, 0.4) is 0 Å². The van der Waals surface area contributed by atoms with Gasteiger partial charge in [0.25, 0.3) is 0 Å². The molecule has 1 aromatic rings. The van der Waals surface area contributed by atoms with Crippen LogP contribution in [0.2, 0.25) is 0 Å². The van der Waals surface area contributed by atoms with Gasteiger partial charge in [0, 0.05) is 23.8 Å². The quantitative estimate of drug-likeness (QED) is 0.891. The van der Waals surface area contributed by atoms with E-state index < -0.39 is 0 Å². The fourth-order valence-corrected chi connectivity index (χ4v) is 4.54. The molecule has 1 heterocycles. The van der Waals surface area contributed by atoms with Crippen LogP contribution in [-0.2, 0) is 0 Å². The second-order valence-electron chi connectivity index (χ2n) is 6.39. The molecule has 0 aromatic heterocycles. The lowest BCUT2D eigenvalue weighted by Crippen LogP contribution is -2.47. The SMILES string of the molecule is CC1(C)CCSCC1NC1CC1c1ccccc1. The Hall–Kier alpha value is -0.470. The lowest BCUT2D eigenvalue weighted by molar-refractivity contribution is 0.243. The van der Waals surface area contributed by atoms with Crippen LogP contribution < -0.4 is 5.32 Å². The Morgan fingerprint density at radius 1 is 1.22 bits per heavy atom. The second-order valence-corrected chi connectivity index (χ2v) is 7.54. The third kappa shape index (κ3) is 2.60. The highest BCUT2D eigenvalue weighted by atomic mass is 32.2. The fourth-order valence-electron chi connectivity index (χ4n) is 2.92. The van der Waals surface area contributed by atoms with Crippen LogP contribution in [0, 0.1) is 5.41 Å². The Balaban J connectivity index is 1.59. The van der Waals surface area contributed by atoms with Crippen molar-refractivity contribution in [2.45, 2.75) is 44.7 Å². The summed E-state index contributed by atoms with van der Waals surface area (Å²) in [5.41, 5.74) is 1.98. The predicted molar refractivity (Wildman–Crippen MR) is 80.2 cm³/mol. The van der Waals surface area contributed by atoms with Gasteiger partial charge in [0.1, 0.15) is 0 Å². The Labute approximate surface area is 115 Å². The average molecular weight is 261 g/mol. The second kappa shape index (κ2) is 4.90. The molecular weight excluding hydrogens is 238 g/mol. The molecule has 3 rings (SSSR count). The zero-order chi connectivity index (χ0) is 12.6. The van der Waals surface area contributed by atoms with Crippen LogP contribution in [0.5, 0.6) is 0 Å². The first kappa shape index (κ1) is 12.6. The van der Waals surface area contributed by atoms with Crippen LogP contribution in [-0.4, -0.2) is 23.6 Å². The van der Waals surface area contributed by atoms with Crippen molar-refractivity contribution in [3.63, 3.8) is 0 Å². The summed E-state index contributed by atoms with van der Waals surface area (Å²) in [7, 11) is 0. The molecule has 1 saturated carbocycles. The van der Waals surface area contributed by atoms with Crippen molar-refractivity contribution in [1.82, 2.24) is 5.32 Å². The Bertz CT molecular complexity index is 401. The molecule has 1 saturated heterocycles. The van der Waals surface area contributed by atoms with E-state index in [1.165, 1.54) is 29.9 Å². The van der Waals surface area contributed by atoms with Crippen LogP contribution in [0.15, 0.2) is 30.3 Å². The minimum Gasteiger partial charge on any atom is -0.309 e. The monoisotopic (exact) mass is 261 g/mol. The van der Waals surface area contributed by atoms with E-state index in [1.807, 2.05) is 0 Å². The highest BCUT2D eigenvalue weighted by Gasteiger charge is 2.42. The van der Waals surface area contributed by atoms with Crippen molar-refractivity contribution < 1.29 is 0 Å². The van der Waals surface area contributed by atoms with E-state index in [0.717, 1.165) is 12.0 Å². The van der Waals surface area contributed by atoms with Gasteiger partial charge in [0.05, 0.1) is 0 Å². The summed E-state index contributed by atoms with van der Waals surface area (Å²) < 4.78 is 0. The molecule has 98 valence electrons. The summed E-state index contributed by atoms with van der Waals surface area (Å²) in [6.07, 6.45) is 2.67. The number of rotatable bonds is 3. The summed E-state index contributed by atoms with van der Waals surface area (Å²) in [4.78, 5) is 0. The summed E-state index contributed by atoms with van der Waals surface area (Å²) in [6, 6.07) is 12.4. The van der Waals surface area contributed by atoms with Gasteiger partial charge < -0.3 is 5.32 Å². The highest BCUT2D eigenvalue weighted by molar-refractivity contribution is 7.99. The van der Waals surface area contributed by atoms with Crippen LogP contribution >= 0.6 is 11.8 Å². The van der Waals surface area contributed by atoms with E-state index in [0.29, 0.717) is 11.5 Å². The van der Waals surface area contributed by atoms with E-state index in [-0.39, 0.29) is 0 Å². The fraction of sp³-hybridized carbons (Fsp3) is 0.625. The number of nitrogens with one attached hydrogen (secondary N) is 1. The molecule has 2 fully saturated rings. The molecule has 1 aliphatic heterocycles. The van der Waals surface area contributed by atoms with Crippen molar-refractivity contribution in [3.05, 3.63) is 35.9 Å². The summed E-state index contributed by atoms with van der Waals surface area (Å²) in [5, 5.41) is 3.91. The van der Waals surface area contributed by atoms with E-state index >= 15 is 0 Å². The van der Waals surface area contributed by atoms with Gasteiger partial charge in [0.15, 0.2) is 0 Å². The van der Waals surface area contributed by atoms with Gasteiger partial charge in [0.2, 0.25) is 0 Å². The molecule has 2 heteroatoms. The van der Waals surface area contributed by atoms with Crippen LogP contribution in [0.4, 0.5) is 0 Å². The largest absolute Gasteiger partial charge is 0.309 e. The predicted octanol–water partition coefficient (Wildman–Crippen LogP) is 3.66. The molecule has 3 atom stereocenters. The molecule has 1 aromatic carbocycles. The van der Waals surface area contributed by atoms with Gasteiger partial charge in [-0.25, -0.2) is 0 Å². The van der Waals surface area contributed by atoms with Crippen molar-refractivity contribution in [2.75, 3.05) is 11.5 Å². The lowest BCUT2D eigenvalue weighted by atomic mass is 9.82. The maximum atomic E-state index is 3.91. The van der Waals surface area contributed by atoms with Crippen molar-refractivity contribution in [2.24, 2.45) is 5.41 Å². The van der Waals surface area contributed by atoms with E-state index in [4.69, 9.17) is 0 Å². The van der Waals surface area contributed by atoms with Crippen LogP contribution in [0.1, 0.15) is 38.2 Å². The maximum absolute atomic E-state index is 3.91. The van der Waals surface area contributed by atoms with Gasteiger partial charge in [-0.05, 0) is 29.6 Å². The molecule has 18 heavy (non-hydrogen) atoms. The van der Waals surface area contributed by atoms with Crippen LogP contribution in [0.25, 0.3) is 0 Å². The summed E-state index contributed by atoms with van der Waals surface area (Å²) >= 11 is 2.11. The lowest BCUT2D eigenvalue weighted by Gasteiger charge is -2.39. The normalized spacial score (nSPS) is 34.2. The highest BCUT2D eigenvalue weighted by Crippen LogP contribution is 2.43. The first-order valence-corrected chi connectivity index (χ1v) is 8.21. The molecule has 0 spiro atoms. The number of thioether (sulfide) groups is 1. The summed E-state index contributed by atoms with van der Waals surface area (Å²) in [5.74, 6) is 3.37. The van der Waals surface area contributed by atoms with Gasteiger partial charge >= 0.3 is 0 Å². The third-order valence-corrected chi connectivity index (χ3v) is 5.61. The number of hydrogen-bond donors (Lipinski definition) is 1. The van der Waals surface area contributed by atoms with Crippen molar-refractivity contribution >= 4 is 11.8 Å². The Morgan fingerprint density at radius 2 is 2.00 bits per heavy atom. The van der Waals surface area contributed by atoms with Gasteiger partial charge in [-0.2, -0.15) is 11.8 Å². The third-order valence-electron chi connectivity index (χ3n) is 4.55. The molecule has 3 unspecified atom stereocenters. The zero-order valence-corrected chi connectivity index (χ0v) is 12.2. The van der Waals surface area contributed by atoms with Gasteiger partial charge in [-0.15, -0.1) is 0 Å². The molecule has 0 amide bonds. The van der Waals surface area contributed by atoms with Gasteiger partial charge in [-0.3, -0.25) is 0 Å². The van der Waals surface area contributed by atoms with Gasteiger partial charge in [-0.1, -0.05) is 44.2 Å². The molecule has 0 bridgehead atoms. The average Bonchev–Trinajstić information content (AvgIpc) is 3.12. The first-order valence-electron chi connectivity index (χ1n) is 7.05. The number of hydrogen-bond acceptors (Lipinski definition) is 2. The van der Waals surface area contributed by atoms with E-state index in [2.05, 4.69) is 61.3 Å². The maximum Gasteiger partial charge on any atom is 0.0212 e. The van der Waals surface area contributed by atoms with Crippen molar-refractivity contribution in [3.8, 4) is 0 Å². The molecule has 2 aliphatic rings. The molecule has 0 radical (unpaired) electrons. The molecule has 1 N–H and O–H groups in total. The molecule has 1 aliphatic carbocycles. The summed E-state index contributed by atoms with van der Waals surface area (Å²) in [6.45, 7) is 4.84. The van der Waals surface area contributed by atoms with E-state index in [1.54, 1.807) is 0 Å². The number of benzene rings is 1. The zero-order valence-electron chi connectivity index (χ0n) is 11.4. The standard InChI is InChI=1S/C16H23NS/c1-16(2)8-9-18-11-15(16)17-14-10-13(14)12-6-4-3-5-7-12/h3-7,13-15,17H,8-11H2,1-2H3. The Kier molecular flexibility index (Phi) is 3.42. The topological polar surface area (TPSA) is 12.0 Å². The first-order chi connectivity index (χ1) is 8.67. The Morgan fingerprint density at radius 3 is 2.72 bits per heavy atom. The molecule has 1 nitrogen and oxygen atoms in total.